The van der Waals surface area contributed by atoms with E-state index < -0.39 is 0 Å². The second kappa shape index (κ2) is 18.1. The number of carbonyl (C=O) groups is 1. The van der Waals surface area contributed by atoms with Gasteiger partial charge in [0, 0.05) is 22.9 Å². The second-order valence-electron chi connectivity index (χ2n) is 11.5. The summed E-state index contributed by atoms with van der Waals surface area (Å²) in [7, 11) is 0. The highest BCUT2D eigenvalue weighted by Crippen LogP contribution is 2.33. The molecule has 1 atom stereocenters. The fraction of sp³-hybridized carbons (Fsp3) is 0.639. The lowest BCUT2D eigenvalue weighted by Gasteiger charge is -2.21. The highest BCUT2D eigenvalue weighted by molar-refractivity contribution is 6.02. The lowest BCUT2D eigenvalue weighted by atomic mass is 9.82. The number of nitrogens with two attached hydrogens (primary N) is 2. The van der Waals surface area contributed by atoms with Gasteiger partial charge in [0.1, 0.15) is 0 Å². The van der Waals surface area contributed by atoms with E-state index in [1.165, 1.54) is 70.6 Å². The molecule has 2 rings (SSSR count). The van der Waals surface area contributed by atoms with E-state index in [9.17, 15) is 4.79 Å². The molecule has 2 aromatic rings. The summed E-state index contributed by atoms with van der Waals surface area (Å²) in [4.78, 5) is 14.1. The van der Waals surface area contributed by atoms with E-state index in [0.717, 1.165) is 83.3 Å². The molecule has 2 aromatic carbocycles. The van der Waals surface area contributed by atoms with Gasteiger partial charge in [-0.05, 0) is 72.1 Å². The van der Waals surface area contributed by atoms with E-state index in [2.05, 4.69) is 46.8 Å². The zero-order valence-electron chi connectivity index (χ0n) is 26.0. The van der Waals surface area contributed by atoms with Crippen molar-refractivity contribution in [2.75, 3.05) is 11.5 Å². The maximum atomic E-state index is 14.1. The summed E-state index contributed by atoms with van der Waals surface area (Å²) in [5, 5.41) is 0. The highest BCUT2D eigenvalue weighted by atomic mass is 16.1. The maximum absolute atomic E-state index is 14.1. The minimum Gasteiger partial charge on any atom is -0.398 e. The first-order chi connectivity index (χ1) is 18.9. The van der Waals surface area contributed by atoms with Crippen LogP contribution in [-0.4, -0.2) is 5.78 Å². The van der Waals surface area contributed by atoms with E-state index in [1.54, 1.807) is 0 Å². The molecular formula is C36H58N2O. The first kappa shape index (κ1) is 32.9. The summed E-state index contributed by atoms with van der Waals surface area (Å²) in [6.45, 7) is 10.8. The second-order valence-corrected chi connectivity index (χ2v) is 11.5. The number of benzene rings is 2. The van der Waals surface area contributed by atoms with Crippen molar-refractivity contribution in [1.29, 1.82) is 0 Å². The number of ketones is 1. The fourth-order valence-corrected chi connectivity index (χ4v) is 5.94. The number of rotatable bonds is 20. The molecule has 0 radical (unpaired) electrons. The third-order valence-electron chi connectivity index (χ3n) is 8.60. The molecule has 4 N–H and O–H groups in total. The van der Waals surface area contributed by atoms with Crippen molar-refractivity contribution in [2.24, 2.45) is 0 Å². The normalized spacial score (nSPS) is 12.1. The Bertz CT molecular complexity index is 959. The average Bonchev–Trinajstić information content (AvgIpc) is 2.95. The standard InChI is InChI=1S/C36H58N2O/c1-6-11-12-13-14-15-16-17-18-19-20-21-22-33(31-23-27(7-2)34(37)28(8-3)24-31)36(39)32-25-29(9-4)35(38)30(10-5)26-32/h23-26,33H,6-22,37-38H2,1-5H3. The Kier molecular flexibility index (Phi) is 15.3. The van der Waals surface area contributed by atoms with E-state index in [4.69, 9.17) is 11.5 Å². The molecule has 0 amide bonds. The van der Waals surface area contributed by atoms with Crippen LogP contribution < -0.4 is 11.5 Å². The van der Waals surface area contributed by atoms with Gasteiger partial charge in [-0.15, -0.1) is 0 Å². The summed E-state index contributed by atoms with van der Waals surface area (Å²) in [5.41, 5.74) is 21.1. The van der Waals surface area contributed by atoms with Crippen molar-refractivity contribution in [3.05, 3.63) is 57.6 Å². The molecule has 0 aliphatic heterocycles. The number of hydrogen-bond acceptors (Lipinski definition) is 3. The van der Waals surface area contributed by atoms with Crippen LogP contribution in [0, 0.1) is 0 Å². The van der Waals surface area contributed by atoms with Crippen molar-refractivity contribution in [2.45, 2.75) is 150 Å². The SMILES string of the molecule is CCCCCCCCCCCCCCC(C(=O)c1cc(CC)c(N)c(CC)c1)c1cc(CC)c(N)c(CC)c1. The van der Waals surface area contributed by atoms with Crippen molar-refractivity contribution >= 4 is 17.2 Å². The van der Waals surface area contributed by atoms with Gasteiger partial charge in [0.25, 0.3) is 0 Å². The Balaban J connectivity index is 2.11. The first-order valence-electron chi connectivity index (χ1n) is 16.3. The lowest BCUT2D eigenvalue weighted by Crippen LogP contribution is -2.16. The molecule has 0 heterocycles. The summed E-state index contributed by atoms with van der Waals surface area (Å²) >= 11 is 0. The van der Waals surface area contributed by atoms with Crippen LogP contribution in [0.15, 0.2) is 24.3 Å². The summed E-state index contributed by atoms with van der Waals surface area (Å²) in [6, 6.07) is 8.50. The number of unbranched alkanes of at least 4 members (excludes halogenated alkanes) is 11. The van der Waals surface area contributed by atoms with Gasteiger partial charge in [0.2, 0.25) is 0 Å². The molecule has 3 heteroatoms. The van der Waals surface area contributed by atoms with Gasteiger partial charge in [-0.1, -0.05) is 124 Å². The molecule has 3 nitrogen and oxygen atoms in total. The Labute approximate surface area is 240 Å². The number of Topliss-reactive ketones (excluding diaryl/α,β-unsaturated/α-hetero) is 1. The van der Waals surface area contributed by atoms with Gasteiger partial charge in [-0.2, -0.15) is 0 Å². The van der Waals surface area contributed by atoms with Crippen LogP contribution in [0.1, 0.15) is 162 Å². The lowest BCUT2D eigenvalue weighted by molar-refractivity contribution is 0.0953. The number of carbonyl (C=O) groups excluding carboxylic acids is 1. The van der Waals surface area contributed by atoms with Crippen molar-refractivity contribution in [3.63, 3.8) is 0 Å². The van der Waals surface area contributed by atoms with Gasteiger partial charge >= 0.3 is 0 Å². The van der Waals surface area contributed by atoms with Gasteiger partial charge in [-0.25, -0.2) is 0 Å². The Hall–Kier alpha value is -2.29. The van der Waals surface area contributed by atoms with Gasteiger partial charge in [-0.3, -0.25) is 4.79 Å². The van der Waals surface area contributed by atoms with Crippen LogP contribution in [0.2, 0.25) is 0 Å². The number of aryl methyl sites for hydroxylation is 4. The number of hydrogen-bond donors (Lipinski definition) is 2. The van der Waals surface area contributed by atoms with Gasteiger partial charge in [0.05, 0.1) is 0 Å². The zero-order chi connectivity index (χ0) is 28.6. The number of nitrogen functional groups attached to an aromatic ring is 2. The highest BCUT2D eigenvalue weighted by Gasteiger charge is 2.25. The molecule has 0 aromatic heterocycles. The molecule has 0 fully saturated rings. The van der Waals surface area contributed by atoms with Crippen molar-refractivity contribution in [3.8, 4) is 0 Å². The summed E-state index contributed by atoms with van der Waals surface area (Å²) in [6.07, 6.45) is 20.2. The molecule has 0 bridgehead atoms. The average molecular weight is 535 g/mol. The largest absolute Gasteiger partial charge is 0.398 e. The molecule has 0 spiro atoms. The van der Waals surface area contributed by atoms with Gasteiger partial charge in [0.15, 0.2) is 5.78 Å². The minimum absolute atomic E-state index is 0.137. The van der Waals surface area contributed by atoms with E-state index >= 15 is 0 Å². The zero-order valence-corrected chi connectivity index (χ0v) is 26.0. The van der Waals surface area contributed by atoms with E-state index in [0.29, 0.717) is 0 Å². The van der Waals surface area contributed by atoms with E-state index in [1.807, 2.05) is 12.1 Å². The van der Waals surface area contributed by atoms with Crippen molar-refractivity contribution in [1.82, 2.24) is 0 Å². The molecule has 0 aliphatic carbocycles. The molecule has 218 valence electrons. The third kappa shape index (κ3) is 10.00. The Morgan fingerprint density at radius 2 is 0.923 bits per heavy atom. The van der Waals surface area contributed by atoms with Crippen LogP contribution in [0.4, 0.5) is 11.4 Å². The van der Waals surface area contributed by atoms with E-state index in [-0.39, 0.29) is 11.7 Å². The van der Waals surface area contributed by atoms with Crippen molar-refractivity contribution < 1.29 is 4.79 Å². The summed E-state index contributed by atoms with van der Waals surface area (Å²) in [5.74, 6) is 0.0960. The quantitative estimate of drug-likeness (QED) is 0.101. The van der Waals surface area contributed by atoms with Crippen LogP contribution in [-0.2, 0) is 25.7 Å². The predicted molar refractivity (Wildman–Crippen MR) is 172 cm³/mol. The first-order valence-corrected chi connectivity index (χ1v) is 16.3. The fourth-order valence-electron chi connectivity index (χ4n) is 5.94. The Morgan fingerprint density at radius 3 is 1.31 bits per heavy atom. The third-order valence-corrected chi connectivity index (χ3v) is 8.60. The topological polar surface area (TPSA) is 69.1 Å². The molecule has 0 saturated carbocycles. The van der Waals surface area contributed by atoms with Gasteiger partial charge < -0.3 is 11.5 Å². The molecule has 1 unspecified atom stereocenters. The predicted octanol–water partition coefficient (Wildman–Crippen LogP) is 10.2. The molecular weight excluding hydrogens is 476 g/mol. The van der Waals surface area contributed by atoms with Crippen LogP contribution in [0.25, 0.3) is 0 Å². The molecule has 0 saturated heterocycles. The van der Waals surface area contributed by atoms with Crippen LogP contribution in [0.5, 0.6) is 0 Å². The Morgan fingerprint density at radius 1 is 0.564 bits per heavy atom. The summed E-state index contributed by atoms with van der Waals surface area (Å²) < 4.78 is 0. The van der Waals surface area contributed by atoms with Crippen LogP contribution >= 0.6 is 0 Å². The minimum atomic E-state index is -0.137. The molecule has 39 heavy (non-hydrogen) atoms. The van der Waals surface area contributed by atoms with Crippen LogP contribution in [0.3, 0.4) is 0 Å². The maximum Gasteiger partial charge on any atom is 0.170 e. The number of anilines is 2. The smallest absolute Gasteiger partial charge is 0.170 e. The monoisotopic (exact) mass is 534 g/mol. The molecule has 0 aliphatic rings.